The quantitative estimate of drug-likeness (QED) is 0.839. The Balaban J connectivity index is 1.78. The van der Waals surface area contributed by atoms with E-state index in [-0.39, 0.29) is 10.8 Å². The Morgan fingerprint density at radius 2 is 2.19 bits per heavy atom. The van der Waals surface area contributed by atoms with E-state index in [0.29, 0.717) is 5.92 Å². The first-order chi connectivity index (χ1) is 7.58. The van der Waals surface area contributed by atoms with E-state index >= 15 is 0 Å². The van der Waals surface area contributed by atoms with E-state index < -0.39 is 0 Å². The molecule has 1 aromatic rings. The third-order valence-corrected chi connectivity index (χ3v) is 4.32. The van der Waals surface area contributed by atoms with Crippen molar-refractivity contribution in [1.82, 2.24) is 15.5 Å². The van der Waals surface area contributed by atoms with Gasteiger partial charge in [-0.1, -0.05) is 19.0 Å². The summed E-state index contributed by atoms with van der Waals surface area (Å²) in [5, 5.41) is 7.39. The van der Waals surface area contributed by atoms with Gasteiger partial charge in [0.1, 0.15) is 0 Å². The minimum atomic E-state index is 0.149. The van der Waals surface area contributed by atoms with Crippen molar-refractivity contribution in [2.75, 3.05) is 13.6 Å². The second kappa shape index (κ2) is 3.06. The van der Waals surface area contributed by atoms with Gasteiger partial charge in [-0.05, 0) is 38.8 Å². The van der Waals surface area contributed by atoms with Gasteiger partial charge in [0.25, 0.3) is 0 Å². The lowest BCUT2D eigenvalue weighted by Crippen LogP contribution is -2.17. The highest BCUT2D eigenvalue weighted by molar-refractivity contribution is 5.22. The fraction of sp³-hybridized carbons (Fsp3) is 0.833. The molecule has 16 heavy (non-hydrogen) atoms. The van der Waals surface area contributed by atoms with Crippen LogP contribution in [0.25, 0.3) is 0 Å². The minimum Gasteiger partial charge on any atom is -0.339 e. The van der Waals surface area contributed by atoms with E-state index in [0.717, 1.165) is 18.3 Å². The normalized spacial score (nSPS) is 35.1. The average Bonchev–Trinajstić information content (AvgIpc) is 3.08. The van der Waals surface area contributed by atoms with E-state index in [2.05, 4.69) is 29.3 Å². The first kappa shape index (κ1) is 10.3. The van der Waals surface area contributed by atoms with E-state index in [1.807, 2.05) is 7.05 Å². The fourth-order valence-electron chi connectivity index (χ4n) is 2.37. The molecule has 1 N–H and O–H groups in total. The second-order valence-corrected chi connectivity index (χ2v) is 5.86. The van der Waals surface area contributed by atoms with Crippen LogP contribution >= 0.6 is 0 Å². The second-order valence-electron chi connectivity index (χ2n) is 5.86. The summed E-state index contributed by atoms with van der Waals surface area (Å²) >= 11 is 0. The molecular formula is C12H19N3O. The predicted molar refractivity (Wildman–Crippen MR) is 60.3 cm³/mol. The Hall–Kier alpha value is -0.900. The highest BCUT2D eigenvalue weighted by Crippen LogP contribution is 2.53. The molecule has 1 heterocycles. The molecule has 2 saturated carbocycles. The molecule has 0 bridgehead atoms. The summed E-state index contributed by atoms with van der Waals surface area (Å²) in [6.07, 6.45) is 3.54. The van der Waals surface area contributed by atoms with Gasteiger partial charge in [-0.2, -0.15) is 4.98 Å². The molecule has 2 fully saturated rings. The zero-order chi connectivity index (χ0) is 11.4. The molecule has 2 aliphatic rings. The first-order valence-corrected chi connectivity index (χ1v) is 6.08. The highest BCUT2D eigenvalue weighted by atomic mass is 16.5. The van der Waals surface area contributed by atoms with Crippen molar-refractivity contribution in [2.45, 2.75) is 43.9 Å². The molecule has 2 unspecified atom stereocenters. The topological polar surface area (TPSA) is 51.0 Å². The lowest BCUT2D eigenvalue weighted by Gasteiger charge is -2.04. The number of hydrogen-bond donors (Lipinski definition) is 1. The molecule has 1 aromatic heterocycles. The van der Waals surface area contributed by atoms with Crippen LogP contribution in [0.3, 0.4) is 0 Å². The maximum Gasteiger partial charge on any atom is 0.232 e. The van der Waals surface area contributed by atoms with Gasteiger partial charge in [-0.3, -0.25) is 0 Å². The Labute approximate surface area is 95.8 Å². The minimum absolute atomic E-state index is 0.149. The lowest BCUT2D eigenvalue weighted by molar-refractivity contribution is 0.345. The van der Waals surface area contributed by atoms with E-state index in [4.69, 9.17) is 4.52 Å². The summed E-state index contributed by atoms with van der Waals surface area (Å²) in [4.78, 5) is 4.60. The van der Waals surface area contributed by atoms with Crippen molar-refractivity contribution in [3.63, 3.8) is 0 Å². The van der Waals surface area contributed by atoms with Gasteiger partial charge in [-0.25, -0.2) is 0 Å². The van der Waals surface area contributed by atoms with Crippen LogP contribution in [0.2, 0.25) is 0 Å². The summed E-state index contributed by atoms with van der Waals surface area (Å²) in [7, 11) is 1.99. The van der Waals surface area contributed by atoms with Gasteiger partial charge in [0.2, 0.25) is 5.89 Å². The predicted octanol–water partition coefficient (Wildman–Crippen LogP) is 1.62. The van der Waals surface area contributed by atoms with Gasteiger partial charge >= 0.3 is 0 Å². The zero-order valence-electron chi connectivity index (χ0n) is 10.2. The Kier molecular flexibility index (Phi) is 1.97. The molecule has 2 aliphatic carbocycles. The fourth-order valence-corrected chi connectivity index (χ4v) is 2.37. The summed E-state index contributed by atoms with van der Waals surface area (Å²) in [6.45, 7) is 5.47. The number of hydrogen-bond acceptors (Lipinski definition) is 4. The van der Waals surface area contributed by atoms with Gasteiger partial charge < -0.3 is 9.84 Å². The molecule has 0 amide bonds. The van der Waals surface area contributed by atoms with Crippen LogP contribution in [-0.2, 0) is 10.8 Å². The molecule has 88 valence electrons. The lowest BCUT2D eigenvalue weighted by atomic mass is 10.1. The molecule has 4 nitrogen and oxygen atoms in total. The van der Waals surface area contributed by atoms with Gasteiger partial charge in [0, 0.05) is 10.8 Å². The van der Waals surface area contributed by atoms with E-state index in [1.165, 1.54) is 19.3 Å². The molecule has 4 heteroatoms. The molecule has 0 saturated heterocycles. The molecular weight excluding hydrogens is 202 g/mol. The van der Waals surface area contributed by atoms with Crippen LogP contribution in [0.4, 0.5) is 0 Å². The molecule has 3 rings (SSSR count). The monoisotopic (exact) mass is 221 g/mol. The first-order valence-electron chi connectivity index (χ1n) is 6.08. The highest BCUT2D eigenvalue weighted by Gasteiger charge is 2.55. The molecule has 2 atom stereocenters. The SMILES string of the molecule is CNCC1CC1(C)c1noc(C2(C)CC2)n1. The Morgan fingerprint density at radius 3 is 2.81 bits per heavy atom. The van der Waals surface area contributed by atoms with Crippen LogP contribution in [-0.4, -0.2) is 23.7 Å². The van der Waals surface area contributed by atoms with E-state index in [1.54, 1.807) is 0 Å². The third kappa shape index (κ3) is 1.39. The standard InChI is InChI=1S/C12H19N3O/c1-11(4-5-11)10-14-9(15-16-10)12(2)6-8(12)7-13-3/h8,13H,4-7H2,1-3H3. The summed E-state index contributed by atoms with van der Waals surface area (Å²) < 4.78 is 5.40. The summed E-state index contributed by atoms with van der Waals surface area (Å²) in [6, 6.07) is 0. The molecule has 0 spiro atoms. The number of nitrogens with zero attached hydrogens (tertiary/aromatic N) is 2. The van der Waals surface area contributed by atoms with Crippen LogP contribution in [0.5, 0.6) is 0 Å². The average molecular weight is 221 g/mol. The van der Waals surface area contributed by atoms with Crippen molar-refractivity contribution in [2.24, 2.45) is 5.92 Å². The van der Waals surface area contributed by atoms with Gasteiger partial charge in [-0.15, -0.1) is 0 Å². The molecule has 0 aromatic carbocycles. The maximum atomic E-state index is 5.40. The van der Waals surface area contributed by atoms with Gasteiger partial charge in [0.05, 0.1) is 0 Å². The zero-order valence-corrected chi connectivity index (χ0v) is 10.2. The molecule has 0 radical (unpaired) electrons. The summed E-state index contributed by atoms with van der Waals surface area (Å²) in [5.41, 5.74) is 0.338. The van der Waals surface area contributed by atoms with Crippen LogP contribution in [0.15, 0.2) is 4.52 Å². The Bertz CT molecular complexity index is 410. The van der Waals surface area contributed by atoms with Crippen molar-refractivity contribution < 1.29 is 4.52 Å². The Morgan fingerprint density at radius 1 is 1.44 bits per heavy atom. The largest absolute Gasteiger partial charge is 0.339 e. The van der Waals surface area contributed by atoms with Gasteiger partial charge in [0.15, 0.2) is 5.82 Å². The number of rotatable bonds is 4. The van der Waals surface area contributed by atoms with Crippen LogP contribution in [0.1, 0.15) is 44.8 Å². The third-order valence-electron chi connectivity index (χ3n) is 4.32. The van der Waals surface area contributed by atoms with Crippen LogP contribution < -0.4 is 5.32 Å². The maximum absolute atomic E-state index is 5.40. The van der Waals surface area contributed by atoms with Crippen molar-refractivity contribution in [3.05, 3.63) is 11.7 Å². The number of nitrogens with one attached hydrogen (secondary N) is 1. The summed E-state index contributed by atoms with van der Waals surface area (Å²) in [5.74, 6) is 2.42. The molecule has 0 aliphatic heterocycles. The van der Waals surface area contributed by atoms with Crippen molar-refractivity contribution >= 4 is 0 Å². The number of aromatic nitrogens is 2. The van der Waals surface area contributed by atoms with Crippen molar-refractivity contribution in [1.29, 1.82) is 0 Å². The smallest absolute Gasteiger partial charge is 0.232 e. The van der Waals surface area contributed by atoms with Crippen molar-refractivity contribution in [3.8, 4) is 0 Å². The van der Waals surface area contributed by atoms with E-state index in [9.17, 15) is 0 Å². The van der Waals surface area contributed by atoms with Crippen LogP contribution in [0, 0.1) is 5.92 Å².